The van der Waals surface area contributed by atoms with E-state index in [9.17, 15) is 9.90 Å². The van der Waals surface area contributed by atoms with Gasteiger partial charge in [-0.25, -0.2) is 4.39 Å². The highest BCUT2D eigenvalue weighted by Gasteiger charge is 2.63. The fourth-order valence-electron chi connectivity index (χ4n) is 9.05. The van der Waals surface area contributed by atoms with Crippen LogP contribution >= 0.6 is 0 Å². The molecular formula is C28H40FN3O3. The summed E-state index contributed by atoms with van der Waals surface area (Å²) in [7, 11) is 1.65. The Morgan fingerprint density at radius 1 is 1.14 bits per heavy atom. The number of aliphatic hydroxyl groups is 1. The summed E-state index contributed by atoms with van der Waals surface area (Å²) in [4.78, 5) is 13.7. The summed E-state index contributed by atoms with van der Waals surface area (Å²) in [5, 5.41) is 12.5. The van der Waals surface area contributed by atoms with Gasteiger partial charge >= 0.3 is 0 Å². The molecule has 0 spiro atoms. The number of ketones is 1. The van der Waals surface area contributed by atoms with E-state index in [1.807, 2.05) is 30.1 Å². The molecule has 35 heavy (non-hydrogen) atoms. The zero-order chi connectivity index (χ0) is 24.6. The van der Waals surface area contributed by atoms with Gasteiger partial charge in [0.2, 0.25) is 0 Å². The molecule has 6 nitrogen and oxygen atoms in total. The monoisotopic (exact) mass is 485 g/mol. The Bertz CT molecular complexity index is 1020. The molecule has 0 bridgehead atoms. The lowest BCUT2D eigenvalue weighted by molar-refractivity contribution is -0.165. The van der Waals surface area contributed by atoms with Gasteiger partial charge in [0.05, 0.1) is 30.6 Å². The summed E-state index contributed by atoms with van der Waals surface area (Å²) in [6.07, 6.45) is 7.32. The molecule has 0 radical (unpaired) electrons. The van der Waals surface area contributed by atoms with E-state index in [2.05, 4.69) is 17.9 Å². The summed E-state index contributed by atoms with van der Waals surface area (Å²) in [5.41, 5.74) is 6.24. The quantitative estimate of drug-likeness (QED) is 0.556. The minimum absolute atomic E-state index is 0.0125. The Kier molecular flexibility index (Phi) is 5.43. The van der Waals surface area contributed by atoms with Crippen LogP contribution in [-0.2, 0) is 4.79 Å². The number of benzene rings is 1. The number of rotatable bonds is 4. The molecule has 1 heterocycles. The average Bonchev–Trinajstić information content (AvgIpc) is 3.39. The van der Waals surface area contributed by atoms with E-state index in [1.165, 1.54) is 0 Å². The molecule has 0 aromatic heterocycles. The van der Waals surface area contributed by atoms with Gasteiger partial charge in [-0.3, -0.25) is 9.80 Å². The molecule has 3 N–H and O–H groups in total. The molecule has 6 rings (SSSR count). The number of nitrogens with one attached hydrogen (secondary N) is 2. The molecule has 1 aromatic carbocycles. The standard InChI is InChI=1S/C28H40FN3O3/c1-26(34)12-13-28(29)17(15-26)4-6-19-20-7-8-22(27(20,2)11-10-21(19)28)25(33)16-32-24-14-18(35-3)5-9-23(24)30-31-32/h5,9,14,17,19-22,30-31,34H,4,6-8,10-13,15-16H2,1-3H3/t17-,19+,20+,21+,22-,26-,27+,28?/m1/s1. The number of anilines is 2. The third kappa shape index (κ3) is 3.59. The maximum absolute atomic E-state index is 16.6. The van der Waals surface area contributed by atoms with E-state index in [0.29, 0.717) is 37.6 Å². The second-order valence-electron chi connectivity index (χ2n) is 12.6. The number of hydrogen-bond donors (Lipinski definition) is 3. The number of nitrogens with zero attached hydrogens (tertiary/aromatic N) is 1. The van der Waals surface area contributed by atoms with Crippen LogP contribution in [0.2, 0.25) is 0 Å². The Labute approximate surface area is 207 Å². The lowest BCUT2D eigenvalue weighted by Crippen LogP contribution is -2.58. The smallest absolute Gasteiger partial charge is 0.157 e. The normalized spacial score (nSPS) is 44.0. The summed E-state index contributed by atoms with van der Waals surface area (Å²) in [5.74, 6) is 1.92. The van der Waals surface area contributed by atoms with Gasteiger partial charge in [0, 0.05) is 12.0 Å². The van der Waals surface area contributed by atoms with Crippen molar-refractivity contribution in [2.45, 2.75) is 82.9 Å². The van der Waals surface area contributed by atoms with Gasteiger partial charge < -0.3 is 15.3 Å². The van der Waals surface area contributed by atoms with E-state index >= 15 is 4.39 Å². The van der Waals surface area contributed by atoms with E-state index in [0.717, 1.165) is 55.6 Å². The lowest BCUT2D eigenvalue weighted by Gasteiger charge is -2.59. The predicted molar refractivity (Wildman–Crippen MR) is 134 cm³/mol. The first-order valence-corrected chi connectivity index (χ1v) is 13.6. The molecular weight excluding hydrogens is 445 g/mol. The SMILES string of the molecule is COc1ccc2c(c1)N(CC(=O)[C@H]1CC[C@H]3[C@@H]4CC[C@@H]5C[C@](C)(O)CCC5(F)[C@H]4CC[C@]13C)NN2. The fourth-order valence-corrected chi connectivity index (χ4v) is 9.05. The van der Waals surface area contributed by atoms with E-state index in [4.69, 9.17) is 4.74 Å². The molecule has 4 fully saturated rings. The summed E-state index contributed by atoms with van der Waals surface area (Å²) in [6.45, 7) is 4.50. The highest BCUT2D eigenvalue weighted by Crippen LogP contribution is 2.66. The third-order valence-electron chi connectivity index (χ3n) is 10.8. The van der Waals surface area contributed by atoms with Crippen molar-refractivity contribution < 1.29 is 19.0 Å². The average molecular weight is 486 g/mol. The number of methoxy groups -OCH3 is 1. The number of alkyl halides is 1. The van der Waals surface area contributed by atoms with Gasteiger partial charge in [0.15, 0.2) is 5.78 Å². The van der Waals surface area contributed by atoms with Crippen LogP contribution in [-0.4, -0.2) is 35.8 Å². The van der Waals surface area contributed by atoms with Crippen molar-refractivity contribution in [2.24, 2.45) is 35.0 Å². The van der Waals surface area contributed by atoms with E-state index in [1.54, 1.807) is 7.11 Å². The van der Waals surface area contributed by atoms with Crippen LogP contribution in [0.3, 0.4) is 0 Å². The Morgan fingerprint density at radius 3 is 2.77 bits per heavy atom. The maximum atomic E-state index is 16.6. The van der Waals surface area contributed by atoms with Crippen LogP contribution in [0.5, 0.6) is 5.75 Å². The van der Waals surface area contributed by atoms with Crippen molar-refractivity contribution >= 4 is 17.2 Å². The van der Waals surface area contributed by atoms with Gasteiger partial charge in [-0.05, 0) is 106 Å². The Morgan fingerprint density at radius 2 is 1.97 bits per heavy atom. The fraction of sp³-hybridized carbons (Fsp3) is 0.750. The van der Waals surface area contributed by atoms with Crippen molar-refractivity contribution in [3.8, 4) is 5.75 Å². The molecule has 4 aliphatic carbocycles. The molecule has 1 unspecified atom stereocenters. The first kappa shape index (κ1) is 23.5. The van der Waals surface area contributed by atoms with Gasteiger partial charge in [-0.2, -0.15) is 0 Å². The molecule has 8 atom stereocenters. The number of carbonyl (C=O) groups is 1. The zero-order valence-corrected chi connectivity index (χ0v) is 21.3. The van der Waals surface area contributed by atoms with Crippen LogP contribution in [0.1, 0.15) is 71.6 Å². The van der Waals surface area contributed by atoms with Crippen LogP contribution in [0.4, 0.5) is 15.8 Å². The molecule has 4 saturated carbocycles. The zero-order valence-electron chi connectivity index (χ0n) is 21.3. The van der Waals surface area contributed by atoms with Crippen molar-refractivity contribution in [2.75, 3.05) is 24.1 Å². The minimum Gasteiger partial charge on any atom is -0.497 e. The van der Waals surface area contributed by atoms with Gasteiger partial charge in [0.25, 0.3) is 0 Å². The predicted octanol–water partition coefficient (Wildman–Crippen LogP) is 5.03. The number of hydrazine groups is 2. The lowest BCUT2D eigenvalue weighted by atomic mass is 9.48. The third-order valence-corrected chi connectivity index (χ3v) is 10.8. The van der Waals surface area contributed by atoms with Crippen LogP contribution in [0.25, 0.3) is 0 Å². The van der Waals surface area contributed by atoms with Crippen LogP contribution < -0.4 is 20.7 Å². The summed E-state index contributed by atoms with van der Waals surface area (Å²) < 4.78 is 22.0. The molecule has 0 amide bonds. The topological polar surface area (TPSA) is 73.8 Å². The van der Waals surface area contributed by atoms with Crippen molar-refractivity contribution in [1.29, 1.82) is 0 Å². The van der Waals surface area contributed by atoms with E-state index in [-0.39, 0.29) is 29.0 Å². The number of carbonyl (C=O) groups excluding carboxylic acids is 1. The van der Waals surface area contributed by atoms with Gasteiger partial charge in [-0.1, -0.05) is 6.92 Å². The summed E-state index contributed by atoms with van der Waals surface area (Å²) >= 11 is 0. The van der Waals surface area contributed by atoms with Crippen molar-refractivity contribution in [3.05, 3.63) is 18.2 Å². The number of ether oxygens (including phenoxy) is 1. The Balaban J connectivity index is 1.18. The highest BCUT2D eigenvalue weighted by molar-refractivity contribution is 5.89. The molecule has 192 valence electrons. The summed E-state index contributed by atoms with van der Waals surface area (Å²) in [6, 6.07) is 5.80. The number of Topliss-reactive ketones (excluding diaryl/α,β-unsaturated/α-hetero) is 1. The maximum Gasteiger partial charge on any atom is 0.157 e. The molecule has 7 heteroatoms. The highest BCUT2D eigenvalue weighted by atomic mass is 19.1. The Hall–Kier alpha value is -1.86. The molecule has 5 aliphatic rings. The molecule has 0 saturated heterocycles. The minimum atomic E-state index is -1.14. The second kappa shape index (κ2) is 8.07. The first-order chi connectivity index (χ1) is 16.6. The number of fused-ring (bicyclic) bond motifs is 6. The van der Waals surface area contributed by atoms with Gasteiger partial charge in [0.1, 0.15) is 11.4 Å². The van der Waals surface area contributed by atoms with Crippen molar-refractivity contribution in [1.82, 2.24) is 5.53 Å². The van der Waals surface area contributed by atoms with Crippen molar-refractivity contribution in [3.63, 3.8) is 0 Å². The van der Waals surface area contributed by atoms with Gasteiger partial charge in [-0.15, -0.1) is 5.53 Å². The molecule has 1 aliphatic heterocycles. The largest absolute Gasteiger partial charge is 0.497 e. The van der Waals surface area contributed by atoms with E-state index < -0.39 is 11.3 Å². The molecule has 1 aromatic rings. The second-order valence-corrected chi connectivity index (χ2v) is 12.6. The number of halogens is 1. The first-order valence-electron chi connectivity index (χ1n) is 13.6. The van der Waals surface area contributed by atoms with Crippen LogP contribution in [0.15, 0.2) is 18.2 Å². The number of hydrogen-bond acceptors (Lipinski definition) is 6. The van der Waals surface area contributed by atoms with Crippen LogP contribution in [0, 0.1) is 35.0 Å².